The van der Waals surface area contributed by atoms with E-state index in [0.717, 1.165) is 31.6 Å². The van der Waals surface area contributed by atoms with Gasteiger partial charge in [0.25, 0.3) is 5.69 Å². The Kier molecular flexibility index (Phi) is 10.3. The van der Waals surface area contributed by atoms with Crippen molar-refractivity contribution in [2.75, 3.05) is 39.5 Å². The molecule has 1 N–H and O–H groups in total. The molecule has 0 spiro atoms. The predicted molar refractivity (Wildman–Crippen MR) is 161 cm³/mol. The maximum absolute atomic E-state index is 13.7. The number of esters is 1. The van der Waals surface area contributed by atoms with Gasteiger partial charge in [0.1, 0.15) is 6.04 Å². The fourth-order valence-corrected chi connectivity index (χ4v) is 5.34. The summed E-state index contributed by atoms with van der Waals surface area (Å²) in [6.45, 7) is 5.40. The van der Waals surface area contributed by atoms with Crippen molar-refractivity contribution in [3.05, 3.63) is 105 Å². The topological polar surface area (TPSA) is 132 Å². The number of aromatic nitrogens is 1. The molecular weight excluding hydrogens is 550 g/mol. The molecule has 0 amide bonds. The number of benzene rings is 1. The molecule has 2 aliphatic heterocycles. The van der Waals surface area contributed by atoms with Crippen LogP contribution in [0.5, 0.6) is 0 Å². The number of aliphatic imine (C=N–C) groups is 1. The fourth-order valence-electron chi connectivity index (χ4n) is 5.34. The first kappa shape index (κ1) is 30.1. The normalized spacial score (nSPS) is 17.3. The zero-order valence-electron chi connectivity index (χ0n) is 24.4. The number of aryl methyl sites for hydroxylation is 2. The van der Waals surface area contributed by atoms with Gasteiger partial charge in [-0.05, 0) is 81.1 Å². The Balaban J connectivity index is 1.41. The van der Waals surface area contributed by atoms with Crippen LogP contribution in [0, 0.1) is 17.0 Å². The number of rotatable bonds is 13. The molecule has 226 valence electrons. The number of pyridine rings is 1. The molecule has 0 bridgehead atoms. The van der Waals surface area contributed by atoms with E-state index in [1.165, 1.54) is 31.6 Å². The summed E-state index contributed by atoms with van der Waals surface area (Å²) < 4.78 is 17.5. The van der Waals surface area contributed by atoms with Crippen molar-refractivity contribution in [1.82, 2.24) is 15.2 Å². The minimum Gasteiger partial charge on any atom is -0.462 e. The molecule has 0 saturated carbocycles. The van der Waals surface area contributed by atoms with Gasteiger partial charge in [0, 0.05) is 30.6 Å². The molecule has 4 heterocycles. The standard InChI is InChI=1S/C32H37N5O6/c1-23-9-10-25(21-27(23)37(39)40)30-29(32(38)43-19-5-7-24-11-13-33-14-12-24)26(34-31(35-30)28-8-6-18-42-28)22-41-20-17-36-15-3-2-4-16-36/h6,8-14,18,21,30H,2-5,7,15-17,19-20,22H2,1H3,(H,34,35). The quantitative estimate of drug-likeness (QED) is 0.128. The van der Waals surface area contributed by atoms with E-state index in [9.17, 15) is 14.9 Å². The Morgan fingerprint density at radius 2 is 1.95 bits per heavy atom. The number of furan rings is 1. The molecule has 2 aromatic heterocycles. The molecule has 1 aromatic carbocycles. The van der Waals surface area contributed by atoms with Gasteiger partial charge >= 0.3 is 5.97 Å². The van der Waals surface area contributed by atoms with Crippen molar-refractivity contribution in [2.45, 2.75) is 45.1 Å². The molecule has 3 aromatic rings. The number of nitro benzene ring substituents is 1. The van der Waals surface area contributed by atoms with Crippen LogP contribution in [0.15, 0.2) is 81.8 Å². The Hall–Kier alpha value is -4.35. The molecule has 1 fully saturated rings. The smallest absolute Gasteiger partial charge is 0.338 e. The third-order valence-electron chi connectivity index (χ3n) is 7.69. The Labute approximate surface area is 250 Å². The van der Waals surface area contributed by atoms with E-state index < -0.39 is 16.9 Å². The average molecular weight is 588 g/mol. The Bertz CT molecular complexity index is 1450. The van der Waals surface area contributed by atoms with Crippen molar-refractivity contribution >= 4 is 17.5 Å². The molecule has 2 aliphatic rings. The lowest BCUT2D eigenvalue weighted by Gasteiger charge is -2.28. The summed E-state index contributed by atoms with van der Waals surface area (Å²) in [6.07, 6.45) is 10.0. The highest BCUT2D eigenvalue weighted by atomic mass is 16.6. The highest BCUT2D eigenvalue weighted by Crippen LogP contribution is 2.35. The van der Waals surface area contributed by atoms with Gasteiger partial charge in [0.2, 0.25) is 0 Å². The van der Waals surface area contributed by atoms with Crippen LogP contribution in [0.4, 0.5) is 5.69 Å². The zero-order valence-corrected chi connectivity index (χ0v) is 24.4. The first-order valence-corrected chi connectivity index (χ1v) is 14.7. The van der Waals surface area contributed by atoms with E-state index in [1.807, 2.05) is 12.1 Å². The van der Waals surface area contributed by atoms with Gasteiger partial charge in [0.15, 0.2) is 11.6 Å². The number of ether oxygens (including phenoxy) is 2. The van der Waals surface area contributed by atoms with Crippen LogP contribution in [0.3, 0.4) is 0 Å². The number of carbonyl (C=O) groups is 1. The lowest BCUT2D eigenvalue weighted by atomic mass is 9.94. The molecule has 43 heavy (non-hydrogen) atoms. The molecule has 11 nitrogen and oxygen atoms in total. The summed E-state index contributed by atoms with van der Waals surface area (Å²) in [5.41, 5.74) is 2.82. The lowest BCUT2D eigenvalue weighted by molar-refractivity contribution is -0.385. The molecule has 0 radical (unpaired) electrons. The van der Waals surface area contributed by atoms with Crippen LogP contribution >= 0.6 is 0 Å². The van der Waals surface area contributed by atoms with Crippen molar-refractivity contribution in [3.63, 3.8) is 0 Å². The highest BCUT2D eigenvalue weighted by molar-refractivity contribution is 6.02. The first-order valence-electron chi connectivity index (χ1n) is 14.7. The van der Waals surface area contributed by atoms with E-state index >= 15 is 0 Å². The highest BCUT2D eigenvalue weighted by Gasteiger charge is 2.34. The molecule has 0 aliphatic carbocycles. The second kappa shape index (κ2) is 14.7. The lowest BCUT2D eigenvalue weighted by Crippen LogP contribution is -2.36. The monoisotopic (exact) mass is 587 g/mol. The minimum atomic E-state index is -0.867. The van der Waals surface area contributed by atoms with E-state index in [-0.39, 0.29) is 24.5 Å². The number of carbonyl (C=O) groups excluding carboxylic acids is 1. The summed E-state index contributed by atoms with van der Waals surface area (Å²) in [5, 5.41) is 15.0. The first-order chi connectivity index (χ1) is 21.0. The summed E-state index contributed by atoms with van der Waals surface area (Å²) in [7, 11) is 0. The molecule has 1 unspecified atom stereocenters. The molecule has 5 rings (SSSR count). The van der Waals surface area contributed by atoms with E-state index in [1.54, 1.807) is 43.6 Å². The SMILES string of the molecule is Cc1ccc(C2N=C(c3ccco3)NC(COCCN3CCCCC3)=C2C(=O)OCCCc2ccncc2)cc1[N+](=O)[O-]. The van der Waals surface area contributed by atoms with Crippen molar-refractivity contribution in [3.8, 4) is 0 Å². The number of nitro groups is 1. The number of hydrogen-bond donors (Lipinski definition) is 1. The van der Waals surface area contributed by atoms with Gasteiger partial charge in [-0.25, -0.2) is 4.79 Å². The average Bonchev–Trinajstić information content (AvgIpc) is 3.57. The predicted octanol–water partition coefficient (Wildman–Crippen LogP) is 4.91. The number of nitrogens with one attached hydrogen (secondary N) is 1. The van der Waals surface area contributed by atoms with Crippen LogP contribution in [0.1, 0.15) is 54.2 Å². The van der Waals surface area contributed by atoms with E-state index in [2.05, 4.69) is 15.2 Å². The van der Waals surface area contributed by atoms with Gasteiger partial charge in [-0.15, -0.1) is 0 Å². The van der Waals surface area contributed by atoms with Crippen LogP contribution < -0.4 is 5.32 Å². The third kappa shape index (κ3) is 7.94. The summed E-state index contributed by atoms with van der Waals surface area (Å²) in [5.74, 6) is 0.330. The molecule has 1 saturated heterocycles. The maximum atomic E-state index is 13.7. The maximum Gasteiger partial charge on any atom is 0.338 e. The van der Waals surface area contributed by atoms with Crippen molar-refractivity contribution in [2.24, 2.45) is 4.99 Å². The van der Waals surface area contributed by atoms with Crippen LogP contribution in [-0.4, -0.2) is 66.1 Å². The number of piperidine rings is 1. The summed E-state index contributed by atoms with van der Waals surface area (Å²) >= 11 is 0. The second-order valence-corrected chi connectivity index (χ2v) is 10.7. The second-order valence-electron chi connectivity index (χ2n) is 10.7. The van der Waals surface area contributed by atoms with E-state index in [0.29, 0.717) is 41.4 Å². The Morgan fingerprint density at radius 3 is 2.70 bits per heavy atom. The van der Waals surface area contributed by atoms with E-state index in [4.69, 9.17) is 18.9 Å². The largest absolute Gasteiger partial charge is 0.462 e. The van der Waals surface area contributed by atoms with Gasteiger partial charge in [-0.3, -0.25) is 20.1 Å². The number of amidine groups is 1. The van der Waals surface area contributed by atoms with Gasteiger partial charge in [-0.1, -0.05) is 18.6 Å². The van der Waals surface area contributed by atoms with Crippen molar-refractivity contribution in [1.29, 1.82) is 0 Å². The van der Waals surface area contributed by atoms with Crippen LogP contribution in [-0.2, 0) is 20.7 Å². The Morgan fingerprint density at radius 1 is 1.14 bits per heavy atom. The number of nitrogens with zero attached hydrogens (tertiary/aromatic N) is 4. The molecule has 11 heteroatoms. The third-order valence-corrected chi connectivity index (χ3v) is 7.69. The van der Waals surface area contributed by atoms with Gasteiger partial charge in [0.05, 0.1) is 42.3 Å². The summed E-state index contributed by atoms with van der Waals surface area (Å²) in [4.78, 5) is 36.3. The summed E-state index contributed by atoms with van der Waals surface area (Å²) in [6, 6.07) is 11.4. The van der Waals surface area contributed by atoms with Crippen molar-refractivity contribution < 1.29 is 23.6 Å². The fraction of sp³-hybridized carbons (Fsp3) is 0.406. The van der Waals surface area contributed by atoms with Crippen LogP contribution in [0.2, 0.25) is 0 Å². The van der Waals surface area contributed by atoms with Crippen LogP contribution in [0.25, 0.3) is 0 Å². The minimum absolute atomic E-state index is 0.0461. The van der Waals surface area contributed by atoms with Gasteiger partial charge in [-0.2, -0.15) is 0 Å². The zero-order chi connectivity index (χ0) is 30.0. The molecule has 1 atom stereocenters. The molecular formula is C32H37N5O6. The van der Waals surface area contributed by atoms with Gasteiger partial charge < -0.3 is 24.1 Å². The number of likely N-dealkylation sites (tertiary alicyclic amines) is 1. The number of hydrogen-bond acceptors (Lipinski definition) is 10.